The van der Waals surface area contributed by atoms with E-state index in [0.29, 0.717) is 12.6 Å². The van der Waals surface area contributed by atoms with Gasteiger partial charge in [-0.15, -0.1) is 0 Å². The second-order valence-electron chi connectivity index (χ2n) is 5.31. The van der Waals surface area contributed by atoms with E-state index in [4.69, 9.17) is 0 Å². The zero-order valence-electron chi connectivity index (χ0n) is 11.4. The molecule has 0 aliphatic heterocycles. The third kappa shape index (κ3) is 4.62. The van der Waals surface area contributed by atoms with E-state index in [1.54, 1.807) is 0 Å². The summed E-state index contributed by atoms with van der Waals surface area (Å²) in [5.74, 6) is 0.140. The van der Waals surface area contributed by atoms with E-state index in [1.807, 2.05) is 30.1 Å². The smallest absolute Gasteiger partial charge is 0.234 e. The lowest BCUT2D eigenvalue weighted by Gasteiger charge is -2.19. The van der Waals surface area contributed by atoms with Crippen LogP contribution in [0.3, 0.4) is 0 Å². The van der Waals surface area contributed by atoms with Gasteiger partial charge >= 0.3 is 0 Å². The van der Waals surface area contributed by atoms with Crippen LogP contribution >= 0.6 is 15.9 Å². The van der Waals surface area contributed by atoms with Crippen LogP contribution in [0.2, 0.25) is 0 Å². The number of hydrogen-bond donors (Lipinski definition) is 1. The summed E-state index contributed by atoms with van der Waals surface area (Å²) >= 11 is 3.53. The largest absolute Gasteiger partial charge is 0.352 e. The second kappa shape index (κ2) is 7.06. The maximum atomic E-state index is 11.9. The quantitative estimate of drug-likeness (QED) is 0.903. The SMILES string of the molecule is CN(CC(=O)NC1CCCC1)Cc1ccccc1Br. The van der Waals surface area contributed by atoms with Crippen molar-refractivity contribution in [1.29, 1.82) is 0 Å². The van der Waals surface area contributed by atoms with Gasteiger partial charge in [0.2, 0.25) is 5.91 Å². The summed E-state index contributed by atoms with van der Waals surface area (Å²) in [6, 6.07) is 8.54. The third-order valence-corrected chi connectivity index (χ3v) is 4.31. The van der Waals surface area contributed by atoms with Crippen LogP contribution in [0, 0.1) is 0 Å². The van der Waals surface area contributed by atoms with Crippen LogP contribution < -0.4 is 5.32 Å². The molecular weight excluding hydrogens is 304 g/mol. The van der Waals surface area contributed by atoms with Gasteiger partial charge in [0, 0.05) is 17.1 Å². The zero-order valence-corrected chi connectivity index (χ0v) is 12.9. The molecule has 104 valence electrons. The van der Waals surface area contributed by atoms with Crippen LogP contribution in [0.25, 0.3) is 0 Å². The maximum absolute atomic E-state index is 11.9. The molecule has 0 atom stereocenters. The number of carbonyl (C=O) groups excluding carboxylic acids is 1. The first kappa shape index (κ1) is 14.5. The molecule has 0 unspecified atom stereocenters. The van der Waals surface area contributed by atoms with Crippen LogP contribution in [-0.4, -0.2) is 30.4 Å². The Morgan fingerprint density at radius 1 is 1.37 bits per heavy atom. The van der Waals surface area contributed by atoms with E-state index in [-0.39, 0.29) is 5.91 Å². The van der Waals surface area contributed by atoms with Crippen LogP contribution in [0.1, 0.15) is 31.2 Å². The van der Waals surface area contributed by atoms with Gasteiger partial charge in [0.15, 0.2) is 0 Å². The summed E-state index contributed by atoms with van der Waals surface area (Å²) < 4.78 is 1.10. The van der Waals surface area contributed by atoms with Gasteiger partial charge in [-0.05, 0) is 31.5 Å². The third-order valence-electron chi connectivity index (χ3n) is 3.53. The van der Waals surface area contributed by atoms with Crippen molar-refractivity contribution < 1.29 is 4.79 Å². The molecule has 0 radical (unpaired) electrons. The molecule has 0 heterocycles. The Morgan fingerprint density at radius 2 is 2.05 bits per heavy atom. The lowest BCUT2D eigenvalue weighted by Crippen LogP contribution is -2.39. The fourth-order valence-electron chi connectivity index (χ4n) is 2.56. The van der Waals surface area contributed by atoms with Gasteiger partial charge in [0.1, 0.15) is 0 Å². The predicted octanol–water partition coefficient (Wildman–Crippen LogP) is 2.94. The molecule has 0 aromatic heterocycles. The molecule has 0 spiro atoms. The van der Waals surface area contributed by atoms with Crippen molar-refractivity contribution in [1.82, 2.24) is 10.2 Å². The topological polar surface area (TPSA) is 32.3 Å². The minimum Gasteiger partial charge on any atom is -0.352 e. The van der Waals surface area contributed by atoms with Crippen LogP contribution in [0.5, 0.6) is 0 Å². The highest BCUT2D eigenvalue weighted by atomic mass is 79.9. The van der Waals surface area contributed by atoms with Crippen molar-refractivity contribution in [2.75, 3.05) is 13.6 Å². The van der Waals surface area contributed by atoms with Crippen molar-refractivity contribution >= 4 is 21.8 Å². The lowest BCUT2D eigenvalue weighted by molar-refractivity contribution is -0.122. The molecule has 1 fully saturated rings. The Morgan fingerprint density at radius 3 is 2.74 bits per heavy atom. The molecule has 2 rings (SSSR count). The van der Waals surface area contributed by atoms with Crippen molar-refractivity contribution in [3.05, 3.63) is 34.3 Å². The number of carbonyl (C=O) groups is 1. The van der Waals surface area contributed by atoms with E-state index >= 15 is 0 Å². The summed E-state index contributed by atoms with van der Waals surface area (Å²) in [6.07, 6.45) is 4.77. The number of rotatable bonds is 5. The molecule has 3 nitrogen and oxygen atoms in total. The predicted molar refractivity (Wildman–Crippen MR) is 80.9 cm³/mol. The van der Waals surface area contributed by atoms with Gasteiger partial charge in [-0.3, -0.25) is 9.69 Å². The molecular formula is C15H21BrN2O. The summed E-state index contributed by atoms with van der Waals surface area (Å²) in [7, 11) is 1.98. The molecule has 1 aromatic rings. The number of nitrogens with one attached hydrogen (secondary N) is 1. The molecule has 1 saturated carbocycles. The van der Waals surface area contributed by atoms with E-state index in [2.05, 4.69) is 27.3 Å². The Kier molecular flexibility index (Phi) is 5.40. The van der Waals surface area contributed by atoms with Gasteiger partial charge in [0.25, 0.3) is 0 Å². The van der Waals surface area contributed by atoms with Gasteiger partial charge in [-0.2, -0.15) is 0 Å². The number of benzene rings is 1. The fraction of sp³-hybridized carbons (Fsp3) is 0.533. The fourth-order valence-corrected chi connectivity index (χ4v) is 2.97. The van der Waals surface area contributed by atoms with Gasteiger partial charge < -0.3 is 5.32 Å². The first-order chi connectivity index (χ1) is 9.15. The minimum atomic E-state index is 0.140. The molecule has 4 heteroatoms. The highest BCUT2D eigenvalue weighted by molar-refractivity contribution is 9.10. The Balaban J connectivity index is 1.78. The van der Waals surface area contributed by atoms with E-state index in [0.717, 1.165) is 23.9 Å². The molecule has 0 saturated heterocycles. The highest BCUT2D eigenvalue weighted by Crippen LogP contribution is 2.18. The zero-order chi connectivity index (χ0) is 13.7. The van der Waals surface area contributed by atoms with Crippen molar-refractivity contribution in [2.24, 2.45) is 0 Å². The van der Waals surface area contributed by atoms with E-state index in [9.17, 15) is 4.79 Å². The maximum Gasteiger partial charge on any atom is 0.234 e. The second-order valence-corrected chi connectivity index (χ2v) is 6.17. The van der Waals surface area contributed by atoms with Crippen molar-refractivity contribution in [2.45, 2.75) is 38.3 Å². The van der Waals surface area contributed by atoms with Crippen molar-refractivity contribution in [3.63, 3.8) is 0 Å². The molecule has 0 bridgehead atoms. The Hall–Kier alpha value is -0.870. The summed E-state index contributed by atoms with van der Waals surface area (Å²) in [4.78, 5) is 14.0. The molecule has 1 aromatic carbocycles. The number of likely N-dealkylation sites (N-methyl/N-ethyl adjacent to an activating group) is 1. The van der Waals surface area contributed by atoms with E-state index in [1.165, 1.54) is 18.4 Å². The van der Waals surface area contributed by atoms with E-state index < -0.39 is 0 Å². The molecule has 1 aliphatic rings. The minimum absolute atomic E-state index is 0.140. The Labute approximate surface area is 123 Å². The van der Waals surface area contributed by atoms with Crippen LogP contribution in [-0.2, 0) is 11.3 Å². The first-order valence-electron chi connectivity index (χ1n) is 6.86. The molecule has 1 amide bonds. The molecule has 1 N–H and O–H groups in total. The van der Waals surface area contributed by atoms with Gasteiger partial charge in [-0.25, -0.2) is 0 Å². The van der Waals surface area contributed by atoms with Crippen LogP contribution in [0.15, 0.2) is 28.7 Å². The number of nitrogens with zero attached hydrogens (tertiary/aromatic N) is 1. The average molecular weight is 325 g/mol. The highest BCUT2D eigenvalue weighted by Gasteiger charge is 2.17. The first-order valence-corrected chi connectivity index (χ1v) is 7.66. The van der Waals surface area contributed by atoms with Gasteiger partial charge in [-0.1, -0.05) is 47.0 Å². The Bertz CT molecular complexity index is 430. The molecule has 19 heavy (non-hydrogen) atoms. The lowest BCUT2D eigenvalue weighted by atomic mass is 10.2. The molecule has 1 aliphatic carbocycles. The summed E-state index contributed by atoms with van der Waals surface area (Å²) in [5.41, 5.74) is 1.21. The monoisotopic (exact) mass is 324 g/mol. The standard InChI is InChI=1S/C15H21BrN2O/c1-18(10-12-6-2-5-9-14(12)16)11-15(19)17-13-7-3-4-8-13/h2,5-6,9,13H,3-4,7-8,10-11H2,1H3,(H,17,19). The normalized spacial score (nSPS) is 15.9. The van der Waals surface area contributed by atoms with Crippen molar-refractivity contribution in [3.8, 4) is 0 Å². The van der Waals surface area contributed by atoms with Crippen LogP contribution in [0.4, 0.5) is 0 Å². The average Bonchev–Trinajstić information content (AvgIpc) is 2.84. The summed E-state index contributed by atoms with van der Waals surface area (Å²) in [6.45, 7) is 1.23. The number of hydrogen-bond acceptors (Lipinski definition) is 2. The van der Waals surface area contributed by atoms with Gasteiger partial charge in [0.05, 0.1) is 6.54 Å². The number of halogens is 1. The number of amides is 1. The summed E-state index contributed by atoms with van der Waals surface area (Å²) in [5, 5.41) is 3.12.